The number of nitrogens with one attached hydrogen (secondary N) is 2. The number of hydrogen-bond donors (Lipinski definition) is 3. The predicted molar refractivity (Wildman–Crippen MR) is 76.4 cm³/mol. The molecule has 3 aromatic rings. The molecule has 4 heteroatoms. The van der Waals surface area contributed by atoms with Gasteiger partial charge in [-0.05, 0) is 23.6 Å². The highest BCUT2D eigenvalue weighted by molar-refractivity contribution is 6.07. The summed E-state index contributed by atoms with van der Waals surface area (Å²) >= 11 is 0. The van der Waals surface area contributed by atoms with E-state index < -0.39 is 11.5 Å². The predicted octanol–water partition coefficient (Wildman–Crippen LogP) is 2.36. The van der Waals surface area contributed by atoms with Gasteiger partial charge in [-0.3, -0.25) is 4.79 Å². The number of fused-ring (bicyclic) bond motifs is 2. The number of H-pyrrole nitrogens is 1. The van der Waals surface area contributed by atoms with Crippen LogP contribution in [0.4, 0.5) is 5.69 Å². The van der Waals surface area contributed by atoms with Gasteiger partial charge in [0.1, 0.15) is 0 Å². The molecule has 0 spiro atoms. The molecule has 20 heavy (non-hydrogen) atoms. The zero-order valence-corrected chi connectivity index (χ0v) is 10.6. The number of aromatic amines is 1. The number of para-hydroxylation sites is 2. The average molecular weight is 264 g/mol. The second-order valence-corrected chi connectivity index (χ2v) is 4.98. The monoisotopic (exact) mass is 264 g/mol. The maximum atomic E-state index is 12.2. The van der Waals surface area contributed by atoms with Crippen LogP contribution in [-0.4, -0.2) is 16.0 Å². The van der Waals surface area contributed by atoms with Gasteiger partial charge in [0.05, 0.1) is 5.69 Å². The van der Waals surface area contributed by atoms with Crippen molar-refractivity contribution in [2.45, 2.75) is 5.60 Å². The van der Waals surface area contributed by atoms with Gasteiger partial charge in [0, 0.05) is 16.8 Å². The number of benzene rings is 2. The summed E-state index contributed by atoms with van der Waals surface area (Å²) in [5.74, 6) is -0.426. The molecule has 1 aromatic heterocycles. The minimum absolute atomic E-state index is 0.426. The molecule has 1 amide bonds. The van der Waals surface area contributed by atoms with Gasteiger partial charge in [-0.15, -0.1) is 0 Å². The highest BCUT2D eigenvalue weighted by Crippen LogP contribution is 2.40. The maximum Gasteiger partial charge on any atom is 0.267 e. The molecular weight excluding hydrogens is 252 g/mol. The van der Waals surface area contributed by atoms with Gasteiger partial charge in [-0.25, -0.2) is 0 Å². The molecule has 4 nitrogen and oxygen atoms in total. The summed E-state index contributed by atoms with van der Waals surface area (Å²) in [6.45, 7) is 0. The van der Waals surface area contributed by atoms with Crippen molar-refractivity contribution in [1.82, 2.24) is 4.98 Å². The molecule has 0 radical (unpaired) electrons. The Balaban J connectivity index is 1.98. The number of hydrogen-bond acceptors (Lipinski definition) is 2. The molecule has 0 aliphatic carbocycles. The number of aliphatic hydroxyl groups is 1. The van der Waals surface area contributed by atoms with Crippen molar-refractivity contribution in [3.63, 3.8) is 0 Å². The Kier molecular flexibility index (Phi) is 2.09. The largest absolute Gasteiger partial charge is 0.371 e. The minimum atomic E-state index is -1.66. The highest BCUT2D eigenvalue weighted by Gasteiger charge is 2.47. The van der Waals surface area contributed by atoms with Gasteiger partial charge >= 0.3 is 0 Å². The third-order valence-corrected chi connectivity index (χ3v) is 3.81. The van der Waals surface area contributed by atoms with Gasteiger partial charge in [0.2, 0.25) is 5.60 Å². The van der Waals surface area contributed by atoms with E-state index in [1.54, 1.807) is 12.1 Å². The fourth-order valence-corrected chi connectivity index (χ4v) is 2.78. The van der Waals surface area contributed by atoms with E-state index in [2.05, 4.69) is 10.3 Å². The highest BCUT2D eigenvalue weighted by atomic mass is 16.3. The van der Waals surface area contributed by atoms with Crippen molar-refractivity contribution in [2.24, 2.45) is 0 Å². The van der Waals surface area contributed by atoms with E-state index in [4.69, 9.17) is 0 Å². The lowest BCUT2D eigenvalue weighted by molar-refractivity contribution is -0.129. The summed E-state index contributed by atoms with van der Waals surface area (Å²) in [4.78, 5) is 15.4. The first-order valence-electron chi connectivity index (χ1n) is 6.41. The fraction of sp³-hybridized carbons (Fsp3) is 0.0625. The number of carbonyl (C=O) groups is 1. The van der Waals surface area contributed by atoms with Crippen LogP contribution in [0.25, 0.3) is 10.9 Å². The van der Waals surface area contributed by atoms with Crippen LogP contribution < -0.4 is 5.32 Å². The van der Waals surface area contributed by atoms with E-state index in [9.17, 15) is 9.90 Å². The standard InChI is InChI=1S/C16H12N2O2/c19-15-16(20,11-6-2-4-8-13(11)18-15)14-9-10-5-1-3-7-12(10)17-14/h1-9,17,20H,(H,18,19)/t16-/m0/s1. The Labute approximate surface area is 115 Å². The molecule has 3 N–H and O–H groups in total. The van der Waals surface area contributed by atoms with Crippen LogP contribution in [-0.2, 0) is 10.4 Å². The van der Waals surface area contributed by atoms with E-state index in [-0.39, 0.29) is 0 Å². The second-order valence-electron chi connectivity index (χ2n) is 4.98. The van der Waals surface area contributed by atoms with Crippen molar-refractivity contribution in [2.75, 3.05) is 5.32 Å². The lowest BCUT2D eigenvalue weighted by Gasteiger charge is -2.19. The zero-order chi connectivity index (χ0) is 13.7. The number of amides is 1. The van der Waals surface area contributed by atoms with Crippen molar-refractivity contribution in [3.8, 4) is 0 Å². The van der Waals surface area contributed by atoms with Gasteiger partial charge in [-0.2, -0.15) is 0 Å². The summed E-state index contributed by atoms with van der Waals surface area (Å²) in [5.41, 5.74) is 0.958. The topological polar surface area (TPSA) is 65.1 Å². The van der Waals surface area contributed by atoms with E-state index >= 15 is 0 Å². The Morgan fingerprint density at radius 2 is 1.75 bits per heavy atom. The molecule has 0 unspecified atom stereocenters. The van der Waals surface area contributed by atoms with Gasteiger partial charge in [0.15, 0.2) is 0 Å². The molecule has 2 heterocycles. The van der Waals surface area contributed by atoms with Crippen LogP contribution in [0, 0.1) is 0 Å². The normalized spacial score (nSPS) is 20.9. The maximum absolute atomic E-state index is 12.2. The summed E-state index contributed by atoms with van der Waals surface area (Å²) in [5, 5.41) is 14.6. The molecular formula is C16H12N2O2. The van der Waals surface area contributed by atoms with E-state index in [1.807, 2.05) is 42.5 Å². The number of anilines is 1. The third-order valence-electron chi connectivity index (χ3n) is 3.81. The van der Waals surface area contributed by atoms with Crippen molar-refractivity contribution < 1.29 is 9.90 Å². The van der Waals surface area contributed by atoms with Gasteiger partial charge in [-0.1, -0.05) is 36.4 Å². The number of carbonyl (C=O) groups excluding carboxylic acids is 1. The second kappa shape index (κ2) is 3.71. The molecule has 2 aromatic carbocycles. The van der Waals surface area contributed by atoms with Crippen LogP contribution in [0.15, 0.2) is 54.6 Å². The number of aromatic nitrogens is 1. The number of rotatable bonds is 1. The SMILES string of the molecule is O=C1Nc2ccccc2[C@]1(O)c1cc2ccccc2[nH]1. The van der Waals surface area contributed by atoms with Gasteiger partial charge < -0.3 is 15.4 Å². The van der Waals surface area contributed by atoms with Crippen molar-refractivity contribution >= 4 is 22.5 Å². The molecule has 98 valence electrons. The fourth-order valence-electron chi connectivity index (χ4n) is 2.78. The molecule has 0 fully saturated rings. The quantitative estimate of drug-likeness (QED) is 0.631. The van der Waals surface area contributed by atoms with Crippen LogP contribution in [0.3, 0.4) is 0 Å². The lowest BCUT2D eigenvalue weighted by atomic mass is 9.92. The van der Waals surface area contributed by atoms with Gasteiger partial charge in [0.25, 0.3) is 5.91 Å². The average Bonchev–Trinajstić information content (AvgIpc) is 3.00. The molecule has 0 bridgehead atoms. The van der Waals surface area contributed by atoms with Crippen molar-refractivity contribution in [3.05, 3.63) is 65.9 Å². The smallest absolute Gasteiger partial charge is 0.267 e. The molecule has 4 rings (SSSR count). The molecule has 1 aliphatic rings. The Bertz CT molecular complexity index is 804. The Morgan fingerprint density at radius 3 is 2.60 bits per heavy atom. The lowest BCUT2D eigenvalue weighted by Crippen LogP contribution is -2.35. The van der Waals surface area contributed by atoms with Crippen LogP contribution in [0.2, 0.25) is 0 Å². The zero-order valence-electron chi connectivity index (χ0n) is 10.6. The Morgan fingerprint density at radius 1 is 1.00 bits per heavy atom. The summed E-state index contributed by atoms with van der Waals surface area (Å²) < 4.78 is 0. The Hall–Kier alpha value is -2.59. The first-order chi connectivity index (χ1) is 9.69. The summed E-state index contributed by atoms with van der Waals surface area (Å²) in [6.07, 6.45) is 0. The molecule has 0 saturated heterocycles. The van der Waals surface area contributed by atoms with E-state index in [0.29, 0.717) is 16.9 Å². The van der Waals surface area contributed by atoms with Crippen LogP contribution >= 0.6 is 0 Å². The first-order valence-corrected chi connectivity index (χ1v) is 6.41. The van der Waals surface area contributed by atoms with Crippen molar-refractivity contribution in [1.29, 1.82) is 0 Å². The van der Waals surface area contributed by atoms with E-state index in [1.165, 1.54) is 0 Å². The van der Waals surface area contributed by atoms with Crippen LogP contribution in [0.5, 0.6) is 0 Å². The molecule has 1 atom stereocenters. The molecule has 0 saturated carbocycles. The third kappa shape index (κ3) is 1.31. The summed E-state index contributed by atoms with van der Waals surface area (Å²) in [7, 11) is 0. The summed E-state index contributed by atoms with van der Waals surface area (Å²) in [6, 6.07) is 16.7. The first kappa shape index (κ1) is 11.3. The molecule has 1 aliphatic heterocycles. The minimum Gasteiger partial charge on any atom is -0.371 e. The van der Waals surface area contributed by atoms with E-state index in [0.717, 1.165) is 10.9 Å². The van der Waals surface area contributed by atoms with Crippen LogP contribution in [0.1, 0.15) is 11.3 Å².